The average molecular weight is 388 g/mol. The molecule has 0 atom stereocenters. The summed E-state index contributed by atoms with van der Waals surface area (Å²) < 4.78 is 25.3. The minimum Gasteiger partial charge on any atom is -0.369 e. The average Bonchev–Trinajstić information content (AvgIpc) is 2.54. The molecular weight excluding hydrogens is 366 g/mol. The van der Waals surface area contributed by atoms with Gasteiger partial charge in [0.15, 0.2) is 0 Å². The summed E-state index contributed by atoms with van der Waals surface area (Å²) in [4.78, 5) is 25.3. The van der Waals surface area contributed by atoms with Crippen molar-refractivity contribution in [2.75, 3.05) is 30.2 Å². The molecule has 138 valence electrons. The molecule has 0 unspecified atom stereocenters. The predicted molar refractivity (Wildman–Crippen MR) is 96.9 cm³/mol. The highest BCUT2D eigenvalue weighted by Crippen LogP contribution is 2.25. The number of nitrogens with two attached hydrogens (primary N) is 1. The third-order valence-corrected chi connectivity index (χ3v) is 5.92. The number of piperidine rings is 1. The smallest absolute Gasteiger partial charge is 0.243 e. The molecule has 7 nitrogen and oxygen atoms in total. The van der Waals surface area contributed by atoms with E-state index in [0.29, 0.717) is 36.6 Å². The summed E-state index contributed by atoms with van der Waals surface area (Å²) in [7, 11) is -3.65. The monoisotopic (exact) mass is 387 g/mol. The fourth-order valence-electron chi connectivity index (χ4n) is 2.77. The van der Waals surface area contributed by atoms with Crippen molar-refractivity contribution in [2.45, 2.75) is 19.8 Å². The zero-order valence-corrected chi connectivity index (χ0v) is 15.8. The van der Waals surface area contributed by atoms with E-state index in [1.807, 2.05) is 6.92 Å². The number of amides is 2. The number of likely N-dealkylation sites (tertiary alicyclic amines) is 1. The van der Waals surface area contributed by atoms with E-state index in [2.05, 4.69) is 0 Å². The molecule has 1 aliphatic rings. The number of primary amides is 1. The van der Waals surface area contributed by atoms with Crippen molar-refractivity contribution in [1.29, 1.82) is 0 Å². The SMILES string of the molecule is Cc1ccc(N(CC(=O)N2CCC(C(N)=O)CC2)S(C)(=O)=O)cc1Cl. The maximum atomic E-state index is 12.5. The third-order valence-electron chi connectivity index (χ3n) is 4.37. The van der Waals surface area contributed by atoms with Gasteiger partial charge >= 0.3 is 0 Å². The number of hydrogen-bond donors (Lipinski definition) is 1. The number of nitrogens with zero attached hydrogens (tertiary/aromatic N) is 2. The van der Waals surface area contributed by atoms with Crippen molar-refractivity contribution in [1.82, 2.24) is 4.90 Å². The highest BCUT2D eigenvalue weighted by molar-refractivity contribution is 7.92. The van der Waals surface area contributed by atoms with Gasteiger partial charge in [0.05, 0.1) is 11.9 Å². The minimum absolute atomic E-state index is 0.231. The number of anilines is 1. The molecule has 1 aliphatic heterocycles. The fourth-order valence-corrected chi connectivity index (χ4v) is 3.79. The van der Waals surface area contributed by atoms with Crippen molar-refractivity contribution in [3.63, 3.8) is 0 Å². The first kappa shape index (κ1) is 19.5. The largest absolute Gasteiger partial charge is 0.369 e. The van der Waals surface area contributed by atoms with Crippen molar-refractivity contribution >= 4 is 39.1 Å². The molecule has 9 heteroatoms. The summed E-state index contributed by atoms with van der Waals surface area (Å²) in [5.41, 5.74) is 6.45. The Morgan fingerprint density at radius 2 is 1.92 bits per heavy atom. The molecule has 1 aromatic rings. The van der Waals surface area contributed by atoms with Crippen LogP contribution < -0.4 is 10.0 Å². The van der Waals surface area contributed by atoms with Gasteiger partial charge in [-0.1, -0.05) is 17.7 Å². The van der Waals surface area contributed by atoms with E-state index in [9.17, 15) is 18.0 Å². The molecule has 0 bridgehead atoms. The summed E-state index contributed by atoms with van der Waals surface area (Å²) in [5.74, 6) is -0.907. The van der Waals surface area contributed by atoms with Crippen LogP contribution >= 0.6 is 11.6 Å². The van der Waals surface area contributed by atoms with E-state index >= 15 is 0 Å². The van der Waals surface area contributed by atoms with Crippen LogP contribution in [0.1, 0.15) is 18.4 Å². The fraction of sp³-hybridized carbons (Fsp3) is 0.500. The van der Waals surface area contributed by atoms with E-state index in [4.69, 9.17) is 17.3 Å². The number of sulfonamides is 1. The predicted octanol–water partition coefficient (Wildman–Crippen LogP) is 1.14. The first-order valence-corrected chi connectivity index (χ1v) is 10.1. The van der Waals surface area contributed by atoms with Crippen molar-refractivity contribution in [3.05, 3.63) is 28.8 Å². The number of aryl methyl sites for hydroxylation is 1. The lowest BCUT2D eigenvalue weighted by atomic mass is 9.96. The molecule has 0 radical (unpaired) electrons. The Kier molecular flexibility index (Phi) is 5.95. The molecule has 1 fully saturated rings. The molecule has 2 rings (SSSR count). The molecule has 2 amide bonds. The highest BCUT2D eigenvalue weighted by Gasteiger charge is 2.29. The zero-order valence-electron chi connectivity index (χ0n) is 14.2. The van der Waals surface area contributed by atoms with Gasteiger partial charge in [-0.3, -0.25) is 13.9 Å². The maximum Gasteiger partial charge on any atom is 0.243 e. The highest BCUT2D eigenvalue weighted by atomic mass is 35.5. The van der Waals surface area contributed by atoms with Crippen LogP contribution in [-0.4, -0.2) is 51.0 Å². The van der Waals surface area contributed by atoms with Gasteiger partial charge in [-0.05, 0) is 37.5 Å². The number of carbonyl (C=O) groups is 2. The summed E-state index contributed by atoms with van der Waals surface area (Å²) >= 11 is 6.08. The second kappa shape index (κ2) is 7.61. The van der Waals surface area contributed by atoms with Crippen LogP contribution in [0.15, 0.2) is 18.2 Å². The van der Waals surface area contributed by atoms with Crippen LogP contribution in [0.4, 0.5) is 5.69 Å². The van der Waals surface area contributed by atoms with Gasteiger partial charge in [0, 0.05) is 24.0 Å². The van der Waals surface area contributed by atoms with Crippen LogP contribution in [0.25, 0.3) is 0 Å². The Morgan fingerprint density at radius 1 is 1.32 bits per heavy atom. The molecule has 0 aliphatic carbocycles. The number of benzene rings is 1. The molecule has 25 heavy (non-hydrogen) atoms. The molecule has 0 spiro atoms. The van der Waals surface area contributed by atoms with Crippen LogP contribution in [0.2, 0.25) is 5.02 Å². The number of carbonyl (C=O) groups excluding carboxylic acids is 2. The number of rotatable bonds is 5. The first-order chi connectivity index (χ1) is 11.6. The number of halogens is 1. The van der Waals surface area contributed by atoms with Gasteiger partial charge in [0.1, 0.15) is 6.54 Å². The van der Waals surface area contributed by atoms with Crippen molar-refractivity contribution < 1.29 is 18.0 Å². The van der Waals surface area contributed by atoms with Gasteiger partial charge in [0.2, 0.25) is 21.8 Å². The zero-order chi connectivity index (χ0) is 18.8. The molecule has 2 N–H and O–H groups in total. The Balaban J connectivity index is 2.14. The molecule has 1 heterocycles. The maximum absolute atomic E-state index is 12.5. The summed E-state index contributed by atoms with van der Waals surface area (Å²) in [6.45, 7) is 2.28. The van der Waals surface area contributed by atoms with Crippen LogP contribution in [0.5, 0.6) is 0 Å². The van der Waals surface area contributed by atoms with Crippen LogP contribution in [-0.2, 0) is 19.6 Å². The van der Waals surface area contributed by atoms with E-state index < -0.39 is 10.0 Å². The normalized spacial score (nSPS) is 15.9. The van der Waals surface area contributed by atoms with E-state index in [1.165, 1.54) is 6.07 Å². The standard InChI is InChI=1S/C16H22ClN3O4S/c1-11-3-4-13(9-14(11)17)20(25(2,23)24)10-15(21)19-7-5-12(6-8-19)16(18)22/h3-4,9,12H,5-8,10H2,1-2H3,(H2,18,22). The second-order valence-corrected chi connectivity index (χ2v) is 8.57. The quantitative estimate of drug-likeness (QED) is 0.818. The molecule has 1 saturated heterocycles. The van der Waals surface area contributed by atoms with E-state index in [1.54, 1.807) is 17.0 Å². The lowest BCUT2D eigenvalue weighted by Crippen LogP contribution is -2.47. The second-order valence-electron chi connectivity index (χ2n) is 6.26. The van der Waals surface area contributed by atoms with Gasteiger partial charge in [-0.15, -0.1) is 0 Å². The van der Waals surface area contributed by atoms with Crippen LogP contribution in [0, 0.1) is 12.8 Å². The van der Waals surface area contributed by atoms with Crippen molar-refractivity contribution in [2.24, 2.45) is 11.7 Å². The third kappa shape index (κ3) is 4.85. The minimum atomic E-state index is -3.65. The van der Waals surface area contributed by atoms with Gasteiger partial charge < -0.3 is 10.6 Å². The van der Waals surface area contributed by atoms with E-state index in [0.717, 1.165) is 16.1 Å². The van der Waals surface area contributed by atoms with Gasteiger partial charge in [-0.2, -0.15) is 0 Å². The van der Waals surface area contributed by atoms with Gasteiger partial charge in [0.25, 0.3) is 0 Å². The lowest BCUT2D eigenvalue weighted by molar-refractivity contribution is -0.133. The Hall–Kier alpha value is -1.80. The van der Waals surface area contributed by atoms with Gasteiger partial charge in [-0.25, -0.2) is 8.42 Å². The number of hydrogen-bond acceptors (Lipinski definition) is 4. The van der Waals surface area contributed by atoms with Crippen LogP contribution in [0.3, 0.4) is 0 Å². The lowest BCUT2D eigenvalue weighted by Gasteiger charge is -2.32. The molecular formula is C16H22ClN3O4S. The van der Waals surface area contributed by atoms with E-state index in [-0.39, 0.29) is 24.3 Å². The molecule has 0 aromatic heterocycles. The molecule has 0 saturated carbocycles. The Bertz CT molecular complexity index is 774. The Labute approximate surface area is 152 Å². The summed E-state index contributed by atoms with van der Waals surface area (Å²) in [6.07, 6.45) is 2.04. The summed E-state index contributed by atoms with van der Waals surface area (Å²) in [6, 6.07) is 4.86. The van der Waals surface area contributed by atoms with Crippen molar-refractivity contribution in [3.8, 4) is 0 Å². The topological polar surface area (TPSA) is 101 Å². The molecule has 1 aromatic carbocycles. The first-order valence-electron chi connectivity index (χ1n) is 7.90. The summed E-state index contributed by atoms with van der Waals surface area (Å²) in [5, 5.41) is 0.431. The Morgan fingerprint density at radius 3 is 2.40 bits per heavy atom.